The third-order valence-corrected chi connectivity index (χ3v) is 5.88. The maximum Gasteiger partial charge on any atom is 0.271 e. The highest BCUT2D eigenvalue weighted by Gasteiger charge is 2.25. The number of nitrogens with one attached hydrogen (secondary N) is 1. The molecule has 0 spiro atoms. The van der Waals surface area contributed by atoms with Crippen LogP contribution in [0.5, 0.6) is 11.5 Å². The summed E-state index contributed by atoms with van der Waals surface area (Å²) in [4.78, 5) is 22.8. The first-order valence-electron chi connectivity index (χ1n) is 8.74. The number of carbonyl (C=O) groups is 1. The monoisotopic (exact) mass is 421 g/mol. The fourth-order valence-corrected chi connectivity index (χ4v) is 3.78. The van der Waals surface area contributed by atoms with E-state index in [-0.39, 0.29) is 22.8 Å². The summed E-state index contributed by atoms with van der Waals surface area (Å²) in [6.45, 7) is 1.70. The van der Waals surface area contributed by atoms with Gasteiger partial charge in [0.2, 0.25) is 15.9 Å². The number of nitro benzene ring substituents is 1. The van der Waals surface area contributed by atoms with Crippen molar-refractivity contribution in [2.75, 3.05) is 35.1 Å². The highest BCUT2D eigenvalue weighted by atomic mass is 32.2. The molecule has 11 heteroatoms. The molecule has 1 N–H and O–H groups in total. The number of rotatable bonds is 7. The van der Waals surface area contributed by atoms with Crippen molar-refractivity contribution in [3.05, 3.63) is 52.6 Å². The molecule has 0 aliphatic carbocycles. The highest BCUT2D eigenvalue weighted by Crippen LogP contribution is 2.34. The molecule has 1 aliphatic rings. The maximum atomic E-state index is 12.6. The molecule has 29 heavy (non-hydrogen) atoms. The molecule has 1 heterocycles. The van der Waals surface area contributed by atoms with Gasteiger partial charge in [-0.2, -0.15) is 0 Å². The largest absolute Gasteiger partial charge is 0.486 e. The van der Waals surface area contributed by atoms with Crippen molar-refractivity contribution in [1.29, 1.82) is 0 Å². The Kier molecular flexibility index (Phi) is 5.87. The van der Waals surface area contributed by atoms with Gasteiger partial charge in [-0.1, -0.05) is 6.07 Å². The summed E-state index contributed by atoms with van der Waals surface area (Å²) >= 11 is 0. The van der Waals surface area contributed by atoms with Crippen molar-refractivity contribution in [2.45, 2.75) is 6.92 Å². The van der Waals surface area contributed by atoms with E-state index < -0.39 is 27.4 Å². The van der Waals surface area contributed by atoms with E-state index in [0.717, 1.165) is 4.31 Å². The molecule has 154 valence electrons. The van der Waals surface area contributed by atoms with Crippen LogP contribution in [0.4, 0.5) is 17.1 Å². The Morgan fingerprint density at radius 3 is 2.59 bits per heavy atom. The van der Waals surface area contributed by atoms with Gasteiger partial charge in [0.15, 0.2) is 11.5 Å². The third-order valence-electron chi connectivity index (χ3n) is 4.14. The second-order valence-electron chi connectivity index (χ2n) is 6.09. The van der Waals surface area contributed by atoms with Crippen LogP contribution in [0.3, 0.4) is 0 Å². The second kappa shape index (κ2) is 8.35. The van der Waals surface area contributed by atoms with Gasteiger partial charge in [-0.05, 0) is 25.1 Å². The average Bonchev–Trinajstić information content (AvgIpc) is 2.71. The van der Waals surface area contributed by atoms with E-state index in [9.17, 15) is 23.3 Å². The van der Waals surface area contributed by atoms with Gasteiger partial charge in [-0.3, -0.25) is 19.2 Å². The van der Waals surface area contributed by atoms with E-state index in [4.69, 9.17) is 9.47 Å². The third kappa shape index (κ3) is 4.74. The summed E-state index contributed by atoms with van der Waals surface area (Å²) in [5.74, 6) is 0.0300. The molecule has 0 unspecified atom stereocenters. The Hall–Kier alpha value is -3.34. The molecule has 1 amide bonds. The maximum absolute atomic E-state index is 12.6. The van der Waals surface area contributed by atoms with Crippen molar-refractivity contribution < 1.29 is 27.6 Å². The van der Waals surface area contributed by atoms with Gasteiger partial charge in [0, 0.05) is 23.9 Å². The number of carbonyl (C=O) groups excluding carboxylic acids is 1. The Bertz CT molecular complexity index is 1040. The Morgan fingerprint density at radius 2 is 1.90 bits per heavy atom. The van der Waals surface area contributed by atoms with Crippen LogP contribution in [0.2, 0.25) is 0 Å². The van der Waals surface area contributed by atoms with Crippen molar-refractivity contribution in [3.63, 3.8) is 0 Å². The number of hydrogen-bond acceptors (Lipinski definition) is 7. The summed E-state index contributed by atoms with van der Waals surface area (Å²) in [6.07, 6.45) is 0. The lowest BCUT2D eigenvalue weighted by molar-refractivity contribution is -0.384. The number of ether oxygens (including phenoxy) is 2. The predicted octanol–water partition coefficient (Wildman–Crippen LogP) is 2.16. The Labute approximate surface area is 167 Å². The number of benzene rings is 2. The van der Waals surface area contributed by atoms with Gasteiger partial charge in [0.1, 0.15) is 19.8 Å². The normalized spacial score (nSPS) is 12.9. The molecule has 0 bridgehead atoms. The second-order valence-corrected chi connectivity index (χ2v) is 8.27. The molecule has 2 aromatic rings. The zero-order chi connectivity index (χ0) is 21.0. The van der Waals surface area contributed by atoms with E-state index in [0.29, 0.717) is 24.7 Å². The van der Waals surface area contributed by atoms with Gasteiger partial charge in [0.05, 0.1) is 16.4 Å². The topological polar surface area (TPSA) is 128 Å². The molecule has 0 fully saturated rings. The van der Waals surface area contributed by atoms with Gasteiger partial charge < -0.3 is 14.8 Å². The lowest BCUT2D eigenvalue weighted by atomic mass is 10.2. The van der Waals surface area contributed by atoms with E-state index in [1.54, 1.807) is 6.07 Å². The molecule has 0 saturated heterocycles. The number of hydrogen-bond donors (Lipinski definition) is 1. The van der Waals surface area contributed by atoms with Crippen LogP contribution in [0, 0.1) is 10.1 Å². The first-order chi connectivity index (χ1) is 13.8. The van der Waals surface area contributed by atoms with Crippen molar-refractivity contribution >= 4 is 33.0 Å². The summed E-state index contributed by atoms with van der Waals surface area (Å²) < 4.78 is 37.1. The first-order valence-corrected chi connectivity index (χ1v) is 10.4. The van der Waals surface area contributed by atoms with Crippen LogP contribution in [0.25, 0.3) is 0 Å². The molecule has 0 aromatic heterocycles. The number of nitro groups is 1. The zero-order valence-corrected chi connectivity index (χ0v) is 16.3. The van der Waals surface area contributed by atoms with Gasteiger partial charge in [-0.15, -0.1) is 0 Å². The zero-order valence-electron chi connectivity index (χ0n) is 15.5. The minimum Gasteiger partial charge on any atom is -0.486 e. The molecule has 0 atom stereocenters. The standard InChI is InChI=1S/C18H19N3O7S/c1-2-29(25,26)20(14-6-7-16-17(11-14)28-9-8-27-16)12-18(22)19-13-4-3-5-15(10-13)21(23)24/h3-7,10-11H,2,8-9,12H2,1H3,(H,19,22). The summed E-state index contributed by atoms with van der Waals surface area (Å²) in [5.41, 5.74) is 0.262. The minimum atomic E-state index is -3.78. The van der Waals surface area contributed by atoms with E-state index in [2.05, 4.69) is 5.32 Å². The molecule has 0 radical (unpaired) electrons. The molecule has 0 saturated carbocycles. The summed E-state index contributed by atoms with van der Waals surface area (Å²) in [5, 5.41) is 13.4. The van der Waals surface area contributed by atoms with Crippen molar-refractivity contribution in [2.24, 2.45) is 0 Å². The van der Waals surface area contributed by atoms with Crippen molar-refractivity contribution in [3.8, 4) is 11.5 Å². The number of amides is 1. The fraction of sp³-hybridized carbons (Fsp3) is 0.278. The molecule has 2 aromatic carbocycles. The fourth-order valence-electron chi connectivity index (χ4n) is 2.72. The molecular formula is C18H19N3O7S. The number of fused-ring (bicyclic) bond motifs is 1. The van der Waals surface area contributed by atoms with E-state index in [1.165, 1.54) is 43.3 Å². The van der Waals surface area contributed by atoms with Crippen molar-refractivity contribution in [1.82, 2.24) is 0 Å². The van der Waals surface area contributed by atoms with Crippen LogP contribution in [-0.4, -0.2) is 44.8 Å². The Balaban J connectivity index is 1.84. The van der Waals surface area contributed by atoms with Crippen LogP contribution in [0.15, 0.2) is 42.5 Å². The molecule has 1 aliphatic heterocycles. The SMILES string of the molecule is CCS(=O)(=O)N(CC(=O)Nc1cccc([N+](=O)[O-])c1)c1ccc2c(c1)OCCO2. The quantitative estimate of drug-likeness (QED) is 0.536. The van der Waals surface area contributed by atoms with Crippen LogP contribution in [0.1, 0.15) is 6.92 Å². The van der Waals surface area contributed by atoms with Gasteiger partial charge in [0.25, 0.3) is 5.69 Å². The highest BCUT2D eigenvalue weighted by molar-refractivity contribution is 7.92. The summed E-state index contributed by atoms with van der Waals surface area (Å²) in [6, 6.07) is 10.0. The predicted molar refractivity (Wildman–Crippen MR) is 106 cm³/mol. The molecular weight excluding hydrogens is 402 g/mol. The van der Waals surface area contributed by atoms with Crippen LogP contribution in [-0.2, 0) is 14.8 Å². The lowest BCUT2D eigenvalue weighted by Gasteiger charge is -2.25. The minimum absolute atomic E-state index is 0.187. The molecule has 10 nitrogen and oxygen atoms in total. The van der Waals surface area contributed by atoms with E-state index >= 15 is 0 Å². The average molecular weight is 421 g/mol. The lowest BCUT2D eigenvalue weighted by Crippen LogP contribution is -2.39. The molecule has 3 rings (SSSR count). The first kappa shape index (κ1) is 20.4. The smallest absolute Gasteiger partial charge is 0.271 e. The number of non-ortho nitro benzene ring substituents is 1. The summed E-state index contributed by atoms with van der Waals surface area (Å²) in [7, 11) is -3.78. The number of nitrogens with zero attached hydrogens (tertiary/aromatic N) is 2. The van der Waals surface area contributed by atoms with Crippen LogP contribution >= 0.6 is 0 Å². The number of sulfonamides is 1. The number of anilines is 2. The van der Waals surface area contributed by atoms with Gasteiger partial charge in [-0.25, -0.2) is 8.42 Å². The Morgan fingerprint density at radius 1 is 1.17 bits per heavy atom. The van der Waals surface area contributed by atoms with Crippen LogP contribution < -0.4 is 19.1 Å². The van der Waals surface area contributed by atoms with Gasteiger partial charge >= 0.3 is 0 Å². The van der Waals surface area contributed by atoms with E-state index in [1.807, 2.05) is 0 Å².